The summed E-state index contributed by atoms with van der Waals surface area (Å²) in [5.41, 5.74) is 8.55. The molecular weight excluding hydrogens is 256 g/mol. The van der Waals surface area contributed by atoms with Gasteiger partial charge in [0.2, 0.25) is 0 Å². The molecule has 0 aliphatic rings. The smallest absolute Gasteiger partial charge is 0.132 e. The Morgan fingerprint density at radius 3 is 2.93 bits per heavy atom. The molecule has 0 amide bonds. The maximum absolute atomic E-state index is 5.79. The van der Waals surface area contributed by atoms with E-state index in [-0.39, 0.29) is 0 Å². The first kappa shape index (κ1) is 10.2. The van der Waals surface area contributed by atoms with E-state index in [4.69, 9.17) is 5.73 Å². The standard InChI is InChI=1S/C10H11BrN4/c1-2-7-4-9(15-14-7)8-3-6(11)5-13-10(8)12/h3-5H,2H2,1H3,(H2,12,13)(H,14,15). The summed E-state index contributed by atoms with van der Waals surface area (Å²) in [5.74, 6) is 0.493. The van der Waals surface area contributed by atoms with Crippen LogP contribution in [0.4, 0.5) is 5.82 Å². The number of hydrogen-bond acceptors (Lipinski definition) is 3. The first-order valence-corrected chi connectivity index (χ1v) is 5.45. The number of aromatic nitrogens is 3. The summed E-state index contributed by atoms with van der Waals surface area (Å²) in [6, 6.07) is 3.90. The third-order valence-corrected chi connectivity index (χ3v) is 2.61. The van der Waals surface area contributed by atoms with Crippen molar-refractivity contribution >= 4 is 21.7 Å². The van der Waals surface area contributed by atoms with Gasteiger partial charge in [0.05, 0.1) is 5.69 Å². The van der Waals surface area contributed by atoms with Crippen LogP contribution in [0.5, 0.6) is 0 Å². The largest absolute Gasteiger partial charge is 0.383 e. The Morgan fingerprint density at radius 2 is 2.27 bits per heavy atom. The van der Waals surface area contributed by atoms with Gasteiger partial charge in [-0.1, -0.05) is 6.92 Å². The van der Waals surface area contributed by atoms with E-state index in [1.165, 1.54) is 0 Å². The molecule has 0 aromatic carbocycles. The maximum Gasteiger partial charge on any atom is 0.132 e. The van der Waals surface area contributed by atoms with Crippen molar-refractivity contribution in [2.75, 3.05) is 5.73 Å². The molecule has 0 radical (unpaired) electrons. The minimum atomic E-state index is 0.493. The summed E-state index contributed by atoms with van der Waals surface area (Å²) in [6.45, 7) is 2.07. The molecule has 0 atom stereocenters. The number of halogens is 1. The molecule has 0 unspecified atom stereocenters. The highest BCUT2D eigenvalue weighted by molar-refractivity contribution is 9.10. The Bertz CT molecular complexity index is 478. The molecule has 0 aliphatic heterocycles. The number of nitrogens with zero attached hydrogens (tertiary/aromatic N) is 2. The second kappa shape index (κ2) is 4.02. The highest BCUT2D eigenvalue weighted by Crippen LogP contribution is 2.25. The summed E-state index contributed by atoms with van der Waals surface area (Å²) < 4.78 is 0.896. The number of anilines is 1. The summed E-state index contributed by atoms with van der Waals surface area (Å²) in [5, 5.41) is 7.15. The second-order valence-electron chi connectivity index (χ2n) is 3.22. The molecule has 2 aromatic rings. The van der Waals surface area contributed by atoms with Gasteiger partial charge in [-0.05, 0) is 34.5 Å². The van der Waals surface area contributed by atoms with E-state index in [2.05, 4.69) is 38.0 Å². The summed E-state index contributed by atoms with van der Waals surface area (Å²) in [7, 11) is 0. The lowest BCUT2D eigenvalue weighted by Crippen LogP contribution is -1.93. The molecule has 15 heavy (non-hydrogen) atoms. The van der Waals surface area contributed by atoms with Crippen molar-refractivity contribution in [1.82, 2.24) is 15.2 Å². The number of nitrogens with two attached hydrogens (primary N) is 1. The minimum Gasteiger partial charge on any atom is -0.383 e. The van der Waals surface area contributed by atoms with E-state index in [1.807, 2.05) is 12.1 Å². The third kappa shape index (κ3) is 2.02. The van der Waals surface area contributed by atoms with Crippen molar-refractivity contribution in [3.63, 3.8) is 0 Å². The van der Waals surface area contributed by atoms with Gasteiger partial charge in [-0.15, -0.1) is 0 Å². The number of aryl methyl sites for hydroxylation is 1. The quantitative estimate of drug-likeness (QED) is 0.877. The molecule has 5 heteroatoms. The highest BCUT2D eigenvalue weighted by Gasteiger charge is 2.08. The molecule has 3 N–H and O–H groups in total. The lowest BCUT2D eigenvalue weighted by molar-refractivity contribution is 0.976. The predicted molar refractivity (Wildman–Crippen MR) is 63.3 cm³/mol. The van der Waals surface area contributed by atoms with Gasteiger partial charge in [0, 0.05) is 21.9 Å². The zero-order valence-corrected chi connectivity index (χ0v) is 9.87. The van der Waals surface area contributed by atoms with Crippen LogP contribution < -0.4 is 5.73 Å². The molecule has 0 saturated heterocycles. The van der Waals surface area contributed by atoms with Gasteiger partial charge in [-0.3, -0.25) is 5.10 Å². The van der Waals surface area contributed by atoms with Gasteiger partial charge in [0.15, 0.2) is 0 Å². The van der Waals surface area contributed by atoms with Gasteiger partial charge in [0.25, 0.3) is 0 Å². The van der Waals surface area contributed by atoms with Crippen molar-refractivity contribution in [2.24, 2.45) is 0 Å². The van der Waals surface area contributed by atoms with Crippen LogP contribution in [-0.4, -0.2) is 15.2 Å². The average molecular weight is 267 g/mol. The van der Waals surface area contributed by atoms with Crippen LogP contribution >= 0.6 is 15.9 Å². The topological polar surface area (TPSA) is 67.6 Å². The van der Waals surface area contributed by atoms with E-state index in [0.717, 1.165) is 27.8 Å². The molecule has 2 rings (SSSR count). The first-order chi connectivity index (χ1) is 7.20. The van der Waals surface area contributed by atoms with Crippen molar-refractivity contribution < 1.29 is 0 Å². The van der Waals surface area contributed by atoms with Crippen molar-refractivity contribution in [2.45, 2.75) is 13.3 Å². The van der Waals surface area contributed by atoms with Crippen LogP contribution in [0, 0.1) is 0 Å². The molecule has 0 bridgehead atoms. The SMILES string of the molecule is CCc1cc(-c2cc(Br)cnc2N)n[nH]1. The van der Waals surface area contributed by atoms with Crippen molar-refractivity contribution in [1.29, 1.82) is 0 Å². The molecule has 2 heterocycles. The zero-order valence-electron chi connectivity index (χ0n) is 8.29. The van der Waals surface area contributed by atoms with Crippen LogP contribution in [0.1, 0.15) is 12.6 Å². The Hall–Kier alpha value is -1.36. The van der Waals surface area contributed by atoms with Crippen molar-refractivity contribution in [3.8, 4) is 11.3 Å². The highest BCUT2D eigenvalue weighted by atomic mass is 79.9. The monoisotopic (exact) mass is 266 g/mol. The summed E-state index contributed by atoms with van der Waals surface area (Å²) in [4.78, 5) is 4.07. The number of hydrogen-bond donors (Lipinski definition) is 2. The molecule has 0 aliphatic carbocycles. The average Bonchev–Trinajstić information content (AvgIpc) is 2.70. The molecule has 0 spiro atoms. The van der Waals surface area contributed by atoms with Gasteiger partial charge >= 0.3 is 0 Å². The molecule has 4 nitrogen and oxygen atoms in total. The summed E-state index contributed by atoms with van der Waals surface area (Å²) >= 11 is 3.36. The van der Waals surface area contributed by atoms with E-state index in [9.17, 15) is 0 Å². The van der Waals surface area contributed by atoms with Crippen LogP contribution in [-0.2, 0) is 6.42 Å². The van der Waals surface area contributed by atoms with Crippen LogP contribution in [0.3, 0.4) is 0 Å². The van der Waals surface area contributed by atoms with Gasteiger partial charge in [0.1, 0.15) is 5.82 Å². The van der Waals surface area contributed by atoms with Gasteiger partial charge in [-0.25, -0.2) is 4.98 Å². The van der Waals surface area contributed by atoms with E-state index in [1.54, 1.807) is 6.20 Å². The number of nitrogen functional groups attached to an aromatic ring is 1. The third-order valence-electron chi connectivity index (χ3n) is 2.17. The Balaban J connectivity index is 2.48. The molecule has 0 saturated carbocycles. The Kier molecular flexibility index (Phi) is 2.73. The van der Waals surface area contributed by atoms with Crippen molar-refractivity contribution in [3.05, 3.63) is 28.5 Å². The Morgan fingerprint density at radius 1 is 1.47 bits per heavy atom. The lowest BCUT2D eigenvalue weighted by atomic mass is 10.2. The first-order valence-electron chi connectivity index (χ1n) is 4.66. The molecular formula is C10H11BrN4. The fourth-order valence-electron chi connectivity index (χ4n) is 1.34. The number of nitrogens with one attached hydrogen (secondary N) is 1. The second-order valence-corrected chi connectivity index (χ2v) is 4.13. The van der Waals surface area contributed by atoms with Crippen LogP contribution in [0.15, 0.2) is 22.8 Å². The van der Waals surface area contributed by atoms with E-state index >= 15 is 0 Å². The van der Waals surface area contributed by atoms with Crippen LogP contribution in [0.25, 0.3) is 11.3 Å². The number of H-pyrrole nitrogens is 1. The maximum atomic E-state index is 5.79. The number of pyridine rings is 1. The molecule has 78 valence electrons. The predicted octanol–water partition coefficient (Wildman–Crippen LogP) is 2.38. The fraction of sp³-hybridized carbons (Fsp3) is 0.200. The summed E-state index contributed by atoms with van der Waals surface area (Å²) in [6.07, 6.45) is 2.60. The van der Waals surface area contributed by atoms with E-state index in [0.29, 0.717) is 5.82 Å². The van der Waals surface area contributed by atoms with Gasteiger partial charge < -0.3 is 5.73 Å². The van der Waals surface area contributed by atoms with Crippen LogP contribution in [0.2, 0.25) is 0 Å². The lowest BCUT2D eigenvalue weighted by Gasteiger charge is -2.00. The Labute approximate surface area is 96.0 Å². The molecule has 0 fully saturated rings. The number of rotatable bonds is 2. The van der Waals surface area contributed by atoms with E-state index < -0.39 is 0 Å². The normalized spacial score (nSPS) is 10.5. The minimum absolute atomic E-state index is 0.493. The molecule has 2 aromatic heterocycles. The number of aromatic amines is 1. The van der Waals surface area contributed by atoms with Gasteiger partial charge in [-0.2, -0.15) is 5.10 Å². The zero-order chi connectivity index (χ0) is 10.8. The fourth-order valence-corrected chi connectivity index (χ4v) is 1.67.